The summed E-state index contributed by atoms with van der Waals surface area (Å²) in [6.07, 6.45) is 0. The van der Waals surface area contributed by atoms with E-state index in [1.807, 2.05) is 18.2 Å². The SMILES string of the molecule is N#CC1(c2ccc3c(c2)OCCO3)COC1. The van der Waals surface area contributed by atoms with Crippen molar-refractivity contribution in [2.45, 2.75) is 5.41 Å². The third-order valence-corrected chi connectivity index (χ3v) is 3.01. The number of fused-ring (bicyclic) bond motifs is 1. The highest BCUT2D eigenvalue weighted by molar-refractivity contribution is 5.48. The number of benzene rings is 1. The average Bonchev–Trinajstić information content (AvgIpc) is 2.28. The highest BCUT2D eigenvalue weighted by Gasteiger charge is 2.41. The van der Waals surface area contributed by atoms with Gasteiger partial charge in [-0.25, -0.2) is 0 Å². The number of rotatable bonds is 1. The second kappa shape index (κ2) is 3.39. The predicted molar refractivity (Wildman–Crippen MR) is 55.5 cm³/mol. The molecule has 0 amide bonds. The number of ether oxygens (including phenoxy) is 3. The molecule has 0 aromatic heterocycles. The fourth-order valence-corrected chi connectivity index (χ4v) is 1.94. The molecule has 1 aromatic rings. The minimum atomic E-state index is -0.490. The maximum Gasteiger partial charge on any atom is 0.161 e. The molecule has 4 heteroatoms. The lowest BCUT2D eigenvalue weighted by Crippen LogP contribution is -2.45. The highest BCUT2D eigenvalue weighted by Crippen LogP contribution is 2.38. The second-order valence-electron chi connectivity index (χ2n) is 4.05. The van der Waals surface area contributed by atoms with Crippen LogP contribution in [0.5, 0.6) is 11.5 Å². The van der Waals surface area contributed by atoms with Gasteiger partial charge in [0.25, 0.3) is 0 Å². The van der Waals surface area contributed by atoms with Gasteiger partial charge >= 0.3 is 0 Å². The molecule has 0 saturated carbocycles. The maximum absolute atomic E-state index is 9.19. The fourth-order valence-electron chi connectivity index (χ4n) is 1.94. The van der Waals surface area contributed by atoms with Crippen LogP contribution >= 0.6 is 0 Å². The molecular formula is C12H11NO3. The molecule has 0 radical (unpaired) electrons. The Balaban J connectivity index is 2.00. The van der Waals surface area contributed by atoms with Gasteiger partial charge in [0.1, 0.15) is 18.6 Å². The fraction of sp³-hybridized carbons (Fsp3) is 0.417. The van der Waals surface area contributed by atoms with Crippen molar-refractivity contribution in [2.24, 2.45) is 0 Å². The Morgan fingerprint density at radius 3 is 2.50 bits per heavy atom. The van der Waals surface area contributed by atoms with E-state index in [0.29, 0.717) is 26.4 Å². The Morgan fingerprint density at radius 1 is 1.12 bits per heavy atom. The van der Waals surface area contributed by atoms with E-state index in [1.165, 1.54) is 0 Å². The van der Waals surface area contributed by atoms with E-state index in [1.54, 1.807) is 0 Å². The lowest BCUT2D eigenvalue weighted by atomic mass is 9.80. The monoisotopic (exact) mass is 217 g/mol. The summed E-state index contributed by atoms with van der Waals surface area (Å²) in [6, 6.07) is 7.98. The van der Waals surface area contributed by atoms with Crippen LogP contribution in [-0.2, 0) is 10.2 Å². The topological polar surface area (TPSA) is 51.5 Å². The third-order valence-electron chi connectivity index (χ3n) is 3.01. The first-order valence-electron chi connectivity index (χ1n) is 5.23. The van der Waals surface area contributed by atoms with Gasteiger partial charge in [-0.1, -0.05) is 6.07 Å². The lowest BCUT2D eigenvalue weighted by molar-refractivity contribution is -0.0299. The molecule has 0 N–H and O–H groups in total. The molecule has 1 fully saturated rings. The van der Waals surface area contributed by atoms with Crippen LogP contribution in [0.3, 0.4) is 0 Å². The molecule has 2 aliphatic heterocycles. The van der Waals surface area contributed by atoms with Gasteiger partial charge in [0.05, 0.1) is 19.3 Å². The van der Waals surface area contributed by atoms with Gasteiger partial charge in [-0.15, -0.1) is 0 Å². The minimum absolute atomic E-state index is 0.461. The Labute approximate surface area is 93.3 Å². The van der Waals surface area contributed by atoms with E-state index in [-0.39, 0.29) is 0 Å². The molecule has 82 valence electrons. The molecule has 2 aliphatic rings. The molecular weight excluding hydrogens is 206 g/mol. The first kappa shape index (κ1) is 9.49. The van der Waals surface area contributed by atoms with Gasteiger partial charge in [-0.2, -0.15) is 5.26 Å². The minimum Gasteiger partial charge on any atom is -0.486 e. The summed E-state index contributed by atoms with van der Waals surface area (Å²) in [4.78, 5) is 0. The quantitative estimate of drug-likeness (QED) is 0.710. The van der Waals surface area contributed by atoms with Crippen molar-refractivity contribution in [2.75, 3.05) is 26.4 Å². The van der Waals surface area contributed by atoms with Crippen LogP contribution in [0.2, 0.25) is 0 Å². The zero-order valence-corrected chi connectivity index (χ0v) is 8.73. The summed E-state index contributed by atoms with van der Waals surface area (Å²) in [5.41, 5.74) is 0.459. The number of nitriles is 1. The van der Waals surface area contributed by atoms with E-state index in [2.05, 4.69) is 6.07 Å². The third kappa shape index (κ3) is 1.25. The molecule has 1 saturated heterocycles. The molecule has 0 unspecified atom stereocenters. The van der Waals surface area contributed by atoms with Crippen LogP contribution in [0.1, 0.15) is 5.56 Å². The Kier molecular flexibility index (Phi) is 2.01. The molecule has 2 heterocycles. The average molecular weight is 217 g/mol. The molecule has 0 bridgehead atoms. The van der Waals surface area contributed by atoms with Gasteiger partial charge in [0.15, 0.2) is 11.5 Å². The summed E-state index contributed by atoms with van der Waals surface area (Å²) in [5, 5.41) is 9.19. The normalized spacial score (nSPS) is 20.7. The molecule has 3 rings (SSSR count). The Hall–Kier alpha value is -1.73. The summed E-state index contributed by atoms with van der Waals surface area (Å²) >= 11 is 0. The van der Waals surface area contributed by atoms with Crippen molar-refractivity contribution in [1.82, 2.24) is 0 Å². The van der Waals surface area contributed by atoms with Crippen LogP contribution in [0.15, 0.2) is 18.2 Å². The largest absolute Gasteiger partial charge is 0.486 e. The standard InChI is InChI=1S/C12H11NO3/c13-6-12(7-14-8-12)9-1-2-10-11(5-9)16-4-3-15-10/h1-2,5H,3-4,7-8H2. The summed E-state index contributed by atoms with van der Waals surface area (Å²) in [5.74, 6) is 1.48. The number of nitrogens with zero attached hydrogens (tertiary/aromatic N) is 1. The van der Waals surface area contributed by atoms with Crippen molar-refractivity contribution in [3.05, 3.63) is 23.8 Å². The lowest BCUT2D eigenvalue weighted by Gasteiger charge is -2.35. The second-order valence-corrected chi connectivity index (χ2v) is 4.05. The van der Waals surface area contributed by atoms with Crippen molar-refractivity contribution in [1.29, 1.82) is 5.26 Å². The van der Waals surface area contributed by atoms with E-state index in [0.717, 1.165) is 17.1 Å². The molecule has 1 aromatic carbocycles. The van der Waals surface area contributed by atoms with Crippen molar-refractivity contribution >= 4 is 0 Å². The van der Waals surface area contributed by atoms with Crippen LogP contribution < -0.4 is 9.47 Å². The van der Waals surface area contributed by atoms with Crippen LogP contribution in [0, 0.1) is 11.3 Å². The van der Waals surface area contributed by atoms with Gasteiger partial charge in [-0.05, 0) is 17.7 Å². The Bertz CT molecular complexity index is 460. The highest BCUT2D eigenvalue weighted by atomic mass is 16.6. The molecule has 0 spiro atoms. The van der Waals surface area contributed by atoms with Crippen LogP contribution in [0.25, 0.3) is 0 Å². The predicted octanol–water partition coefficient (Wildman–Crippen LogP) is 1.25. The zero-order valence-electron chi connectivity index (χ0n) is 8.73. The van der Waals surface area contributed by atoms with Gasteiger partial charge in [0, 0.05) is 0 Å². The summed E-state index contributed by atoms with van der Waals surface area (Å²) in [6.45, 7) is 2.07. The molecule has 0 aliphatic carbocycles. The molecule has 16 heavy (non-hydrogen) atoms. The Morgan fingerprint density at radius 2 is 1.88 bits per heavy atom. The number of hydrogen-bond acceptors (Lipinski definition) is 4. The van der Waals surface area contributed by atoms with E-state index >= 15 is 0 Å². The van der Waals surface area contributed by atoms with Crippen molar-refractivity contribution in [3.63, 3.8) is 0 Å². The van der Waals surface area contributed by atoms with Crippen molar-refractivity contribution < 1.29 is 14.2 Å². The van der Waals surface area contributed by atoms with Gasteiger partial charge < -0.3 is 14.2 Å². The molecule has 4 nitrogen and oxygen atoms in total. The van der Waals surface area contributed by atoms with Gasteiger partial charge in [0.2, 0.25) is 0 Å². The number of hydrogen-bond donors (Lipinski definition) is 0. The van der Waals surface area contributed by atoms with Crippen LogP contribution in [-0.4, -0.2) is 26.4 Å². The first-order valence-corrected chi connectivity index (χ1v) is 5.23. The van der Waals surface area contributed by atoms with Crippen molar-refractivity contribution in [3.8, 4) is 17.6 Å². The zero-order chi connectivity index (χ0) is 11.0. The summed E-state index contributed by atoms with van der Waals surface area (Å²) < 4.78 is 16.1. The summed E-state index contributed by atoms with van der Waals surface area (Å²) in [7, 11) is 0. The van der Waals surface area contributed by atoms with Crippen LogP contribution in [0.4, 0.5) is 0 Å². The first-order chi connectivity index (χ1) is 7.84. The maximum atomic E-state index is 9.19. The van der Waals surface area contributed by atoms with E-state index < -0.39 is 5.41 Å². The van der Waals surface area contributed by atoms with Gasteiger partial charge in [-0.3, -0.25) is 0 Å². The van der Waals surface area contributed by atoms with E-state index in [4.69, 9.17) is 14.2 Å². The van der Waals surface area contributed by atoms with E-state index in [9.17, 15) is 5.26 Å². The smallest absolute Gasteiger partial charge is 0.161 e. The molecule has 0 atom stereocenters.